The number of likely N-dealkylation sites (N-methyl/N-ethyl adjacent to an activating group) is 1. The highest BCUT2D eigenvalue weighted by Crippen LogP contribution is 2.12. The van der Waals surface area contributed by atoms with Gasteiger partial charge in [-0.2, -0.15) is 0 Å². The third kappa shape index (κ3) is 5.97. The van der Waals surface area contributed by atoms with Gasteiger partial charge in [0.2, 0.25) is 0 Å². The standard InChI is InChI=1S/C12H19FN2O2S/c1-15(12-5-3-11(13)4-6-12)9-7-14-8-10-18(2,16)17/h3-6,14H,7-10H2,1-2H3. The van der Waals surface area contributed by atoms with E-state index >= 15 is 0 Å². The summed E-state index contributed by atoms with van der Waals surface area (Å²) in [6, 6.07) is 6.27. The Bertz CT molecular complexity index is 459. The van der Waals surface area contributed by atoms with Gasteiger partial charge in [-0.3, -0.25) is 0 Å². The Labute approximate surface area is 108 Å². The van der Waals surface area contributed by atoms with Crippen molar-refractivity contribution in [1.29, 1.82) is 0 Å². The summed E-state index contributed by atoms with van der Waals surface area (Å²) in [6.45, 7) is 1.87. The summed E-state index contributed by atoms with van der Waals surface area (Å²) in [7, 11) is -0.991. The summed E-state index contributed by atoms with van der Waals surface area (Å²) < 4.78 is 34.5. The lowest BCUT2D eigenvalue weighted by Gasteiger charge is -2.19. The molecule has 0 amide bonds. The molecule has 0 bridgehead atoms. The van der Waals surface area contributed by atoms with Gasteiger partial charge < -0.3 is 10.2 Å². The highest BCUT2D eigenvalue weighted by atomic mass is 32.2. The molecule has 0 saturated carbocycles. The molecule has 6 heteroatoms. The molecule has 0 saturated heterocycles. The maximum absolute atomic E-state index is 12.7. The van der Waals surface area contributed by atoms with Crippen LogP contribution in [0.15, 0.2) is 24.3 Å². The predicted molar refractivity (Wildman–Crippen MR) is 72.3 cm³/mol. The van der Waals surface area contributed by atoms with Gasteiger partial charge >= 0.3 is 0 Å². The summed E-state index contributed by atoms with van der Waals surface area (Å²) >= 11 is 0. The van der Waals surface area contributed by atoms with Crippen molar-refractivity contribution in [2.45, 2.75) is 0 Å². The Morgan fingerprint density at radius 3 is 2.39 bits per heavy atom. The first kappa shape index (κ1) is 14.9. The maximum Gasteiger partial charge on any atom is 0.148 e. The van der Waals surface area contributed by atoms with Gasteiger partial charge in [0, 0.05) is 38.6 Å². The number of hydrogen-bond acceptors (Lipinski definition) is 4. The Balaban J connectivity index is 2.25. The molecule has 0 heterocycles. The lowest BCUT2D eigenvalue weighted by molar-refractivity contribution is 0.596. The van der Waals surface area contributed by atoms with Gasteiger partial charge in [0.25, 0.3) is 0 Å². The van der Waals surface area contributed by atoms with E-state index in [2.05, 4.69) is 5.32 Å². The summed E-state index contributed by atoms with van der Waals surface area (Å²) in [6.07, 6.45) is 1.22. The van der Waals surface area contributed by atoms with Crippen LogP contribution in [0.5, 0.6) is 0 Å². The summed E-state index contributed by atoms with van der Waals surface area (Å²) in [4.78, 5) is 1.98. The van der Waals surface area contributed by atoms with Crippen LogP contribution in [0, 0.1) is 5.82 Å². The van der Waals surface area contributed by atoms with E-state index in [-0.39, 0.29) is 11.6 Å². The average molecular weight is 274 g/mol. The van der Waals surface area contributed by atoms with E-state index in [1.165, 1.54) is 18.4 Å². The lowest BCUT2D eigenvalue weighted by Crippen LogP contribution is -2.31. The van der Waals surface area contributed by atoms with E-state index in [1.54, 1.807) is 12.1 Å². The Morgan fingerprint density at radius 1 is 1.22 bits per heavy atom. The predicted octanol–water partition coefficient (Wildman–Crippen LogP) is 0.896. The molecule has 0 aliphatic carbocycles. The molecule has 0 spiro atoms. The molecular weight excluding hydrogens is 255 g/mol. The van der Waals surface area contributed by atoms with Crippen LogP contribution in [-0.4, -0.2) is 47.1 Å². The van der Waals surface area contributed by atoms with Crippen LogP contribution in [-0.2, 0) is 9.84 Å². The zero-order valence-corrected chi connectivity index (χ0v) is 11.5. The van der Waals surface area contributed by atoms with E-state index in [9.17, 15) is 12.8 Å². The number of anilines is 1. The van der Waals surface area contributed by atoms with Crippen LogP contribution in [0.4, 0.5) is 10.1 Å². The van der Waals surface area contributed by atoms with Gasteiger partial charge in [-0.1, -0.05) is 0 Å². The third-order valence-corrected chi connectivity index (χ3v) is 3.49. The fourth-order valence-corrected chi connectivity index (χ4v) is 1.97. The zero-order valence-electron chi connectivity index (χ0n) is 10.7. The second-order valence-corrected chi connectivity index (χ2v) is 6.54. The molecule has 1 aromatic carbocycles. The Kier molecular flexibility index (Phi) is 5.55. The molecule has 0 aromatic heterocycles. The molecule has 1 N–H and O–H groups in total. The second-order valence-electron chi connectivity index (χ2n) is 4.28. The minimum Gasteiger partial charge on any atom is -0.373 e. The maximum atomic E-state index is 12.7. The first-order chi connectivity index (χ1) is 8.38. The smallest absolute Gasteiger partial charge is 0.148 e. The van der Waals surface area contributed by atoms with Gasteiger partial charge in [0.05, 0.1) is 5.75 Å². The van der Waals surface area contributed by atoms with Crippen LogP contribution in [0.2, 0.25) is 0 Å². The van der Waals surface area contributed by atoms with Crippen molar-refractivity contribution in [1.82, 2.24) is 5.32 Å². The molecule has 0 fully saturated rings. The number of nitrogens with one attached hydrogen (secondary N) is 1. The van der Waals surface area contributed by atoms with Crippen molar-refractivity contribution in [2.24, 2.45) is 0 Å². The van der Waals surface area contributed by atoms with Crippen LogP contribution in [0.3, 0.4) is 0 Å². The molecule has 1 rings (SSSR count). The molecule has 0 atom stereocenters. The van der Waals surface area contributed by atoms with Crippen molar-refractivity contribution in [2.75, 3.05) is 43.6 Å². The number of nitrogens with zero attached hydrogens (tertiary/aromatic N) is 1. The first-order valence-corrected chi connectivity index (χ1v) is 7.80. The fourth-order valence-electron chi connectivity index (χ4n) is 1.45. The number of halogens is 1. The third-order valence-electron chi connectivity index (χ3n) is 2.54. The van der Waals surface area contributed by atoms with Crippen LogP contribution < -0.4 is 10.2 Å². The molecule has 0 unspecified atom stereocenters. The van der Waals surface area contributed by atoms with E-state index in [0.29, 0.717) is 13.1 Å². The molecule has 18 heavy (non-hydrogen) atoms. The highest BCUT2D eigenvalue weighted by Gasteiger charge is 2.02. The number of rotatable bonds is 7. The second kappa shape index (κ2) is 6.70. The molecule has 0 aliphatic heterocycles. The van der Waals surface area contributed by atoms with Crippen LogP contribution in [0.1, 0.15) is 0 Å². The van der Waals surface area contributed by atoms with Crippen LogP contribution in [0.25, 0.3) is 0 Å². The highest BCUT2D eigenvalue weighted by molar-refractivity contribution is 7.90. The molecular formula is C12H19FN2O2S. The molecule has 4 nitrogen and oxygen atoms in total. The van der Waals surface area contributed by atoms with Gasteiger partial charge in [-0.25, -0.2) is 12.8 Å². The molecule has 0 radical (unpaired) electrons. The average Bonchev–Trinajstić information content (AvgIpc) is 2.27. The monoisotopic (exact) mass is 274 g/mol. The summed E-state index contributed by atoms with van der Waals surface area (Å²) in [5, 5.41) is 3.06. The lowest BCUT2D eigenvalue weighted by atomic mass is 10.3. The Hall–Kier alpha value is -1.14. The van der Waals surface area contributed by atoms with Crippen molar-refractivity contribution in [3.05, 3.63) is 30.1 Å². The van der Waals surface area contributed by atoms with E-state index in [1.807, 2.05) is 11.9 Å². The molecule has 102 valence electrons. The minimum absolute atomic E-state index is 0.146. The van der Waals surface area contributed by atoms with E-state index in [0.717, 1.165) is 12.2 Å². The van der Waals surface area contributed by atoms with Gasteiger partial charge in [-0.05, 0) is 24.3 Å². The minimum atomic E-state index is -2.90. The topological polar surface area (TPSA) is 49.4 Å². The SMILES string of the molecule is CN(CCNCCS(C)(=O)=O)c1ccc(F)cc1. The van der Waals surface area contributed by atoms with Crippen molar-refractivity contribution in [3.63, 3.8) is 0 Å². The zero-order chi connectivity index (χ0) is 13.6. The van der Waals surface area contributed by atoms with Crippen molar-refractivity contribution >= 4 is 15.5 Å². The summed E-state index contributed by atoms with van der Waals surface area (Å²) in [5.41, 5.74) is 0.932. The number of hydrogen-bond donors (Lipinski definition) is 1. The fraction of sp³-hybridized carbons (Fsp3) is 0.500. The number of benzene rings is 1. The van der Waals surface area contributed by atoms with E-state index in [4.69, 9.17) is 0 Å². The van der Waals surface area contributed by atoms with E-state index < -0.39 is 9.84 Å². The quantitative estimate of drug-likeness (QED) is 0.750. The van der Waals surface area contributed by atoms with Gasteiger partial charge in [-0.15, -0.1) is 0 Å². The normalized spacial score (nSPS) is 11.5. The number of sulfone groups is 1. The van der Waals surface area contributed by atoms with Crippen LogP contribution >= 0.6 is 0 Å². The Morgan fingerprint density at radius 2 is 1.83 bits per heavy atom. The largest absolute Gasteiger partial charge is 0.373 e. The van der Waals surface area contributed by atoms with Crippen molar-refractivity contribution in [3.8, 4) is 0 Å². The first-order valence-electron chi connectivity index (χ1n) is 5.73. The summed E-state index contributed by atoms with van der Waals surface area (Å²) in [5.74, 6) is -0.105. The molecule has 0 aliphatic rings. The van der Waals surface area contributed by atoms with Crippen molar-refractivity contribution < 1.29 is 12.8 Å². The molecule has 1 aromatic rings. The van der Waals surface area contributed by atoms with Gasteiger partial charge in [0.15, 0.2) is 0 Å². The van der Waals surface area contributed by atoms with Gasteiger partial charge in [0.1, 0.15) is 15.7 Å².